The highest BCUT2D eigenvalue weighted by atomic mass is 32.2. The maximum Gasteiger partial charge on any atom is 0.317 e. The number of nitrogens with zero attached hydrogens (tertiary/aromatic N) is 2. The molecule has 11 heteroatoms. The Bertz CT molecular complexity index is 1520. The summed E-state index contributed by atoms with van der Waals surface area (Å²) in [5.74, 6) is -2.43. The number of rotatable bonds is 10. The lowest BCUT2D eigenvalue weighted by Crippen LogP contribution is -2.38. The van der Waals surface area contributed by atoms with Gasteiger partial charge in [0.15, 0.2) is 9.84 Å². The summed E-state index contributed by atoms with van der Waals surface area (Å²) in [5.41, 5.74) is 2.45. The minimum atomic E-state index is -3.60. The third-order valence-electron chi connectivity index (χ3n) is 7.11. The molecule has 1 aliphatic rings. The van der Waals surface area contributed by atoms with Gasteiger partial charge in [-0.3, -0.25) is 19.5 Å². The van der Waals surface area contributed by atoms with Gasteiger partial charge >= 0.3 is 11.9 Å². The first-order valence-corrected chi connectivity index (χ1v) is 14.8. The molecular weight excluding hydrogens is 548 g/mol. The number of sulfone groups is 1. The fourth-order valence-electron chi connectivity index (χ4n) is 5.24. The van der Waals surface area contributed by atoms with Crippen molar-refractivity contribution in [2.75, 3.05) is 18.8 Å². The monoisotopic (exact) mass is 582 g/mol. The van der Waals surface area contributed by atoms with Crippen LogP contribution >= 0.6 is 0 Å². The van der Waals surface area contributed by atoms with Crippen molar-refractivity contribution in [1.29, 1.82) is 0 Å². The Kier molecular flexibility index (Phi) is 8.81. The van der Waals surface area contributed by atoms with Crippen LogP contribution in [0.25, 0.3) is 0 Å². The van der Waals surface area contributed by atoms with E-state index >= 15 is 0 Å². The summed E-state index contributed by atoms with van der Waals surface area (Å²) >= 11 is 0. The predicted octanol–water partition coefficient (Wildman–Crippen LogP) is 3.25. The lowest BCUT2D eigenvalue weighted by Gasteiger charge is -2.33. The summed E-state index contributed by atoms with van der Waals surface area (Å²) in [6, 6.07) is 17.6. The number of carbonyl (C=O) groups is 2. The zero-order valence-electron chi connectivity index (χ0n) is 23.1. The van der Waals surface area contributed by atoms with Crippen molar-refractivity contribution in [2.24, 2.45) is 5.41 Å². The van der Waals surface area contributed by atoms with Crippen LogP contribution in [0.2, 0.25) is 0 Å². The van der Waals surface area contributed by atoms with Gasteiger partial charge in [-0.15, -0.1) is 0 Å². The van der Waals surface area contributed by atoms with Crippen molar-refractivity contribution in [1.82, 2.24) is 9.88 Å². The Hall–Kier alpha value is -3.80. The van der Waals surface area contributed by atoms with Gasteiger partial charge in [0.05, 0.1) is 41.2 Å². The van der Waals surface area contributed by atoms with Crippen molar-refractivity contribution in [2.45, 2.75) is 50.8 Å². The lowest BCUT2D eigenvalue weighted by atomic mass is 9.75. The molecule has 2 heterocycles. The molecular formula is C30H34N2O8S. The smallest absolute Gasteiger partial charge is 0.317 e. The number of fused-ring (bicyclic) bond motifs is 1. The highest BCUT2D eigenvalue weighted by molar-refractivity contribution is 7.91. The van der Waals surface area contributed by atoms with E-state index in [2.05, 4.69) is 4.98 Å². The van der Waals surface area contributed by atoms with E-state index in [-0.39, 0.29) is 23.8 Å². The van der Waals surface area contributed by atoms with Crippen LogP contribution in [0.5, 0.6) is 5.75 Å². The minimum Gasteiger partial charge on any atom is -0.487 e. The van der Waals surface area contributed by atoms with Crippen molar-refractivity contribution in [3.05, 3.63) is 88.7 Å². The normalized spacial score (nSPS) is 19.2. The van der Waals surface area contributed by atoms with Crippen LogP contribution in [-0.4, -0.2) is 70.5 Å². The molecule has 3 aromatic rings. The van der Waals surface area contributed by atoms with Gasteiger partial charge in [0.1, 0.15) is 12.4 Å². The number of aliphatic carboxylic acids is 2. The van der Waals surface area contributed by atoms with Gasteiger partial charge in [-0.2, -0.15) is 0 Å². The molecule has 3 N–H and O–H groups in total. The number of hydrogen-bond donors (Lipinski definition) is 3. The first-order chi connectivity index (χ1) is 19.2. The second-order valence-corrected chi connectivity index (χ2v) is 13.1. The summed E-state index contributed by atoms with van der Waals surface area (Å²) in [4.78, 5) is 28.2. The Labute approximate surface area is 239 Å². The second kappa shape index (κ2) is 12.0. The summed E-state index contributed by atoms with van der Waals surface area (Å²) in [6.45, 7) is 4.74. The number of carboxylic acids is 2. The molecule has 218 valence electrons. The van der Waals surface area contributed by atoms with Gasteiger partial charge in [0.2, 0.25) is 0 Å². The summed E-state index contributed by atoms with van der Waals surface area (Å²) in [6.07, 6.45) is -0.944. The highest BCUT2D eigenvalue weighted by Crippen LogP contribution is 2.45. The minimum absolute atomic E-state index is 0.0534. The largest absolute Gasteiger partial charge is 0.487 e. The Morgan fingerprint density at radius 2 is 1.63 bits per heavy atom. The van der Waals surface area contributed by atoms with Crippen LogP contribution in [-0.2, 0) is 32.6 Å². The first kappa shape index (κ1) is 30.2. The highest BCUT2D eigenvalue weighted by Gasteiger charge is 2.44. The van der Waals surface area contributed by atoms with E-state index in [0.29, 0.717) is 22.7 Å². The van der Waals surface area contributed by atoms with Gasteiger partial charge in [-0.25, -0.2) is 8.42 Å². The molecule has 2 aromatic carbocycles. The van der Waals surface area contributed by atoms with E-state index in [4.69, 9.17) is 14.9 Å². The molecule has 0 amide bonds. The zero-order valence-corrected chi connectivity index (χ0v) is 24.0. The van der Waals surface area contributed by atoms with E-state index in [0.717, 1.165) is 11.1 Å². The topological polar surface area (TPSA) is 154 Å². The SMILES string of the molecule is Cc1ccc2c(c1)[C@@H](c1ccc(OCc3cccc(CN(CC(=O)O)CC(=O)O)n3)cc1)[C@@H](O)C(C)(C)CS2(=O)=O. The van der Waals surface area contributed by atoms with Gasteiger partial charge in [0, 0.05) is 17.9 Å². The van der Waals surface area contributed by atoms with Crippen LogP contribution in [0.3, 0.4) is 0 Å². The Morgan fingerprint density at radius 1 is 1.00 bits per heavy atom. The molecule has 1 aliphatic heterocycles. The Balaban J connectivity index is 1.52. The summed E-state index contributed by atoms with van der Waals surface area (Å²) < 4.78 is 32.3. The number of aromatic nitrogens is 1. The number of aliphatic hydroxyl groups is 1. The third kappa shape index (κ3) is 7.29. The zero-order chi connectivity index (χ0) is 29.9. The molecule has 0 unspecified atom stereocenters. The van der Waals surface area contributed by atoms with Crippen molar-refractivity contribution in [3.8, 4) is 5.75 Å². The maximum absolute atomic E-state index is 13.2. The molecule has 10 nitrogen and oxygen atoms in total. The van der Waals surface area contributed by atoms with Crippen molar-refractivity contribution in [3.63, 3.8) is 0 Å². The molecule has 0 saturated carbocycles. The van der Waals surface area contributed by atoms with E-state index in [1.165, 1.54) is 4.90 Å². The summed E-state index contributed by atoms with van der Waals surface area (Å²) in [5, 5.41) is 29.6. The summed E-state index contributed by atoms with van der Waals surface area (Å²) in [7, 11) is -3.60. The van der Waals surface area contributed by atoms with Crippen molar-refractivity contribution < 1.29 is 38.1 Å². The first-order valence-electron chi connectivity index (χ1n) is 13.1. The second-order valence-electron chi connectivity index (χ2n) is 11.1. The maximum atomic E-state index is 13.2. The van der Waals surface area contributed by atoms with Gasteiger partial charge < -0.3 is 20.1 Å². The van der Waals surface area contributed by atoms with Crippen LogP contribution in [0.15, 0.2) is 65.6 Å². The molecule has 0 bridgehead atoms. The number of hydrogen-bond acceptors (Lipinski definition) is 8. The number of aliphatic hydroxyl groups excluding tert-OH is 1. The van der Waals surface area contributed by atoms with Gasteiger partial charge in [-0.1, -0.05) is 49.7 Å². The Morgan fingerprint density at radius 3 is 2.27 bits per heavy atom. The molecule has 0 saturated heterocycles. The standard InChI is InChI=1S/C30H34N2O8S/c1-19-7-12-25-24(13-19)28(29(37)30(2,3)18-41(25,38)39)20-8-10-23(11-9-20)40-17-22-6-4-5-21(31-22)14-32(15-26(33)34)16-27(35)36/h4-13,28-29,37H,14-18H2,1-3H3,(H,33,34)(H,35,36)/t28-,29-/m1/s1. The average molecular weight is 583 g/mol. The fraction of sp³-hybridized carbons (Fsp3) is 0.367. The quantitative estimate of drug-likeness (QED) is 0.325. The molecule has 0 aliphatic carbocycles. The van der Waals surface area contributed by atoms with Gasteiger partial charge in [-0.05, 0) is 48.4 Å². The number of benzene rings is 2. The lowest BCUT2D eigenvalue weighted by molar-refractivity contribution is -0.142. The third-order valence-corrected chi connectivity index (χ3v) is 9.27. The van der Waals surface area contributed by atoms with E-state index < -0.39 is 52.3 Å². The molecule has 0 fully saturated rings. The molecule has 0 radical (unpaired) electrons. The average Bonchev–Trinajstić information content (AvgIpc) is 2.92. The van der Waals surface area contributed by atoms with Crippen LogP contribution in [0, 0.1) is 12.3 Å². The van der Waals surface area contributed by atoms with Crippen LogP contribution < -0.4 is 4.74 Å². The number of pyridine rings is 1. The number of carboxylic acid groups (broad SMARTS) is 2. The van der Waals surface area contributed by atoms with E-state index in [1.807, 2.05) is 25.1 Å². The van der Waals surface area contributed by atoms with Crippen molar-refractivity contribution >= 4 is 21.8 Å². The molecule has 1 aromatic heterocycles. The van der Waals surface area contributed by atoms with Crippen LogP contribution in [0.4, 0.5) is 0 Å². The van der Waals surface area contributed by atoms with E-state index in [1.54, 1.807) is 56.3 Å². The molecule has 2 atom stereocenters. The molecule has 0 spiro atoms. The van der Waals surface area contributed by atoms with Crippen LogP contribution in [0.1, 0.15) is 47.8 Å². The van der Waals surface area contributed by atoms with E-state index in [9.17, 15) is 23.1 Å². The predicted molar refractivity (Wildman–Crippen MR) is 150 cm³/mol. The van der Waals surface area contributed by atoms with Gasteiger partial charge in [0.25, 0.3) is 0 Å². The molecule has 4 rings (SSSR count). The number of aryl methyl sites for hydroxylation is 1. The molecule has 41 heavy (non-hydrogen) atoms. The number of ether oxygens (including phenoxy) is 1. The fourth-order valence-corrected chi connectivity index (χ4v) is 7.36.